The van der Waals surface area contributed by atoms with Crippen LogP contribution in [0.1, 0.15) is 11.1 Å². The van der Waals surface area contributed by atoms with Gasteiger partial charge in [0.05, 0.1) is 0 Å². The molecular weight excluding hydrogens is 291 g/mol. The molecule has 0 aromatic heterocycles. The molecule has 3 rings (SSSR count). The molecule has 0 atom stereocenters. The fourth-order valence-corrected chi connectivity index (χ4v) is 2.54. The first-order valence-corrected chi connectivity index (χ1v) is 6.38. The predicted octanol–water partition coefficient (Wildman–Crippen LogP) is -2.01. The average Bonchev–Trinajstić information content (AvgIpc) is 2.49. The predicted molar refractivity (Wildman–Crippen MR) is 74.6 cm³/mol. The molecule has 1 heterocycles. The summed E-state index contributed by atoms with van der Waals surface area (Å²) in [6.45, 7) is 0. The Hall–Kier alpha value is -1.95. The number of nitrogens with one attached hydrogen (secondary N) is 1. The van der Waals surface area contributed by atoms with E-state index in [1.165, 1.54) is 0 Å². The van der Waals surface area contributed by atoms with E-state index in [1.54, 1.807) is 60.7 Å². The van der Waals surface area contributed by atoms with Gasteiger partial charge in [-0.2, -0.15) is 0 Å². The topological polar surface area (TPSA) is 81.6 Å². The summed E-state index contributed by atoms with van der Waals surface area (Å²) < 4.78 is 0. The summed E-state index contributed by atoms with van der Waals surface area (Å²) in [5.74, 6) is -1.45. The van der Waals surface area contributed by atoms with Crippen molar-refractivity contribution < 1.29 is 44.3 Å². The molecular formula is C16H11N2NaO3. The number of hydrogen-bond donors (Lipinski definition) is 1. The van der Waals surface area contributed by atoms with Crippen LogP contribution >= 0.6 is 0 Å². The molecule has 0 saturated heterocycles. The summed E-state index contributed by atoms with van der Waals surface area (Å²) in [5, 5.41) is 14.6. The van der Waals surface area contributed by atoms with Crippen LogP contribution in [0.25, 0.3) is 0 Å². The molecule has 0 radical (unpaired) electrons. The Labute approximate surface area is 149 Å². The number of aliphatic imine (C=N–C) groups is 1. The molecule has 0 bridgehead atoms. The van der Waals surface area contributed by atoms with E-state index in [9.17, 15) is 14.7 Å². The maximum Gasteiger partial charge on any atom is 1.00 e. The van der Waals surface area contributed by atoms with Crippen molar-refractivity contribution >= 4 is 17.8 Å². The van der Waals surface area contributed by atoms with E-state index in [2.05, 4.69) is 10.3 Å². The first kappa shape index (κ1) is 16.4. The first-order chi connectivity index (χ1) is 10.2. The third kappa shape index (κ3) is 2.47. The normalized spacial score (nSPS) is 16.3. The summed E-state index contributed by atoms with van der Waals surface area (Å²) in [6.07, 6.45) is 0. The van der Waals surface area contributed by atoms with Crippen LogP contribution in [0.5, 0.6) is 0 Å². The molecule has 0 unspecified atom stereocenters. The van der Waals surface area contributed by atoms with Gasteiger partial charge in [0, 0.05) is 0 Å². The van der Waals surface area contributed by atoms with Gasteiger partial charge in [-0.3, -0.25) is 10.1 Å². The second-order valence-electron chi connectivity index (χ2n) is 4.66. The molecule has 5 nitrogen and oxygen atoms in total. The zero-order chi connectivity index (χ0) is 14.9. The molecule has 0 spiro atoms. The van der Waals surface area contributed by atoms with E-state index in [4.69, 9.17) is 0 Å². The minimum atomic E-state index is -1.61. The Morgan fingerprint density at radius 3 is 1.73 bits per heavy atom. The molecule has 0 saturated carbocycles. The minimum Gasteiger partial charge on any atom is -0.860 e. The van der Waals surface area contributed by atoms with Crippen LogP contribution in [0.15, 0.2) is 65.7 Å². The van der Waals surface area contributed by atoms with Crippen LogP contribution in [0.4, 0.5) is 4.79 Å². The number of benzene rings is 2. The Morgan fingerprint density at radius 2 is 1.32 bits per heavy atom. The molecule has 2 aromatic carbocycles. The number of rotatable bonds is 2. The third-order valence-corrected chi connectivity index (χ3v) is 3.50. The number of carbonyl (C=O) groups excluding carboxylic acids is 2. The zero-order valence-corrected chi connectivity index (χ0v) is 13.9. The fourth-order valence-electron chi connectivity index (χ4n) is 2.54. The van der Waals surface area contributed by atoms with Crippen molar-refractivity contribution in [2.45, 2.75) is 5.41 Å². The van der Waals surface area contributed by atoms with Crippen LogP contribution in [0.2, 0.25) is 0 Å². The Kier molecular flexibility index (Phi) is 4.81. The van der Waals surface area contributed by atoms with Gasteiger partial charge in [-0.05, 0) is 17.0 Å². The SMILES string of the molecule is O=C1N=C([O-])C(c2ccccc2)(c2ccccc2)C(=O)N1.[Na+]. The number of hydrogen-bond acceptors (Lipinski definition) is 3. The molecule has 22 heavy (non-hydrogen) atoms. The van der Waals surface area contributed by atoms with Gasteiger partial charge in [-0.15, -0.1) is 0 Å². The summed E-state index contributed by atoms with van der Waals surface area (Å²) in [4.78, 5) is 27.3. The van der Waals surface area contributed by atoms with Crippen molar-refractivity contribution in [2.24, 2.45) is 4.99 Å². The van der Waals surface area contributed by atoms with Crippen LogP contribution in [0, 0.1) is 0 Å². The molecule has 3 amide bonds. The first-order valence-electron chi connectivity index (χ1n) is 6.38. The van der Waals surface area contributed by atoms with Crippen molar-refractivity contribution in [1.29, 1.82) is 0 Å². The van der Waals surface area contributed by atoms with Gasteiger partial charge >= 0.3 is 35.6 Å². The van der Waals surface area contributed by atoms with Crippen LogP contribution in [-0.2, 0) is 10.2 Å². The smallest absolute Gasteiger partial charge is 0.860 e. The van der Waals surface area contributed by atoms with E-state index >= 15 is 0 Å². The Bertz CT molecular complexity index is 690. The van der Waals surface area contributed by atoms with E-state index in [-0.39, 0.29) is 29.6 Å². The summed E-state index contributed by atoms with van der Waals surface area (Å²) in [7, 11) is 0. The third-order valence-electron chi connectivity index (χ3n) is 3.50. The van der Waals surface area contributed by atoms with Gasteiger partial charge < -0.3 is 5.11 Å². The Balaban J connectivity index is 0.00000176. The van der Waals surface area contributed by atoms with E-state index < -0.39 is 23.3 Å². The van der Waals surface area contributed by atoms with Gasteiger partial charge in [0.15, 0.2) is 0 Å². The largest absolute Gasteiger partial charge is 1.00 e. The molecule has 2 aromatic rings. The fraction of sp³-hybridized carbons (Fsp3) is 0.0625. The van der Waals surface area contributed by atoms with Gasteiger partial charge in [0.2, 0.25) is 5.91 Å². The quantitative estimate of drug-likeness (QED) is 0.651. The van der Waals surface area contributed by atoms with Gasteiger partial charge in [0.25, 0.3) is 0 Å². The van der Waals surface area contributed by atoms with Crippen molar-refractivity contribution in [2.75, 3.05) is 0 Å². The summed E-state index contributed by atoms with van der Waals surface area (Å²) in [5.41, 5.74) is -0.652. The number of amides is 3. The van der Waals surface area contributed by atoms with Crippen LogP contribution in [0.3, 0.4) is 0 Å². The molecule has 1 N–H and O–H groups in total. The van der Waals surface area contributed by atoms with Crippen LogP contribution < -0.4 is 40.0 Å². The summed E-state index contributed by atoms with van der Waals surface area (Å²) >= 11 is 0. The van der Waals surface area contributed by atoms with Crippen molar-refractivity contribution in [3.63, 3.8) is 0 Å². The van der Waals surface area contributed by atoms with Crippen LogP contribution in [-0.4, -0.2) is 17.8 Å². The van der Waals surface area contributed by atoms with Gasteiger partial charge in [-0.1, -0.05) is 60.7 Å². The number of urea groups is 1. The van der Waals surface area contributed by atoms with E-state index in [1.807, 2.05) is 0 Å². The number of nitrogens with zero attached hydrogens (tertiary/aromatic N) is 1. The monoisotopic (exact) mass is 302 g/mol. The molecule has 6 heteroatoms. The standard InChI is InChI=1S/C16H12N2O3.Na/c19-13-16(11-7-3-1-4-8-11,12-9-5-2-6-10-12)14(20)18-15(21)17-13;/h1-10H,(H2,17,18,19,20,21);/q;+1/p-1. The van der Waals surface area contributed by atoms with Crippen molar-refractivity contribution in [1.82, 2.24) is 5.32 Å². The van der Waals surface area contributed by atoms with E-state index in [0.717, 1.165) is 0 Å². The zero-order valence-electron chi connectivity index (χ0n) is 11.9. The van der Waals surface area contributed by atoms with Crippen molar-refractivity contribution in [3.05, 3.63) is 71.8 Å². The van der Waals surface area contributed by atoms with Gasteiger partial charge in [-0.25, -0.2) is 9.79 Å². The van der Waals surface area contributed by atoms with Crippen molar-refractivity contribution in [3.8, 4) is 0 Å². The summed E-state index contributed by atoms with van der Waals surface area (Å²) in [6, 6.07) is 16.3. The molecule has 0 aliphatic carbocycles. The maximum atomic E-state index is 12.5. The maximum absolute atomic E-state index is 12.5. The molecule has 1 aliphatic heterocycles. The molecule has 104 valence electrons. The van der Waals surface area contributed by atoms with Gasteiger partial charge in [0.1, 0.15) is 5.41 Å². The molecule has 1 aliphatic rings. The molecule has 0 fully saturated rings. The second-order valence-corrected chi connectivity index (χ2v) is 4.66. The second kappa shape index (κ2) is 6.44. The number of imide groups is 1. The minimum absolute atomic E-state index is 0. The average molecular weight is 302 g/mol. The van der Waals surface area contributed by atoms with E-state index in [0.29, 0.717) is 11.1 Å². The number of carbonyl (C=O) groups is 2. The Morgan fingerprint density at radius 1 is 0.864 bits per heavy atom.